The van der Waals surface area contributed by atoms with Gasteiger partial charge in [-0.2, -0.15) is 0 Å². The molecular formula is C14H20BrClO4. The van der Waals surface area contributed by atoms with Gasteiger partial charge in [-0.05, 0) is 18.2 Å². The molecule has 0 atom stereocenters. The molecule has 4 nitrogen and oxygen atoms in total. The molecule has 0 amide bonds. The second-order valence-electron chi connectivity index (χ2n) is 3.95. The molecule has 0 unspecified atom stereocenters. The Kier molecular flexibility index (Phi) is 10.1. The van der Waals surface area contributed by atoms with E-state index in [-0.39, 0.29) is 0 Å². The van der Waals surface area contributed by atoms with Gasteiger partial charge in [0, 0.05) is 23.0 Å². The summed E-state index contributed by atoms with van der Waals surface area (Å²) < 4.78 is 21.2. The fourth-order valence-corrected chi connectivity index (χ4v) is 2.10. The minimum Gasteiger partial charge on any atom is -0.491 e. The van der Waals surface area contributed by atoms with Crippen molar-refractivity contribution in [2.75, 3.05) is 46.8 Å². The minimum absolute atomic E-state index is 0.500. The normalized spacial score (nSPS) is 10.8. The molecule has 1 rings (SSSR count). The van der Waals surface area contributed by atoms with Gasteiger partial charge in [0.2, 0.25) is 0 Å². The molecule has 0 aromatic heterocycles. The van der Waals surface area contributed by atoms with E-state index in [0.29, 0.717) is 50.0 Å². The lowest BCUT2D eigenvalue weighted by molar-refractivity contribution is 0.0179. The smallest absolute Gasteiger partial charge is 0.123 e. The van der Waals surface area contributed by atoms with Crippen molar-refractivity contribution < 1.29 is 18.9 Å². The van der Waals surface area contributed by atoms with Crippen LogP contribution in [0.15, 0.2) is 18.2 Å². The van der Waals surface area contributed by atoms with Gasteiger partial charge in [-0.1, -0.05) is 27.5 Å². The van der Waals surface area contributed by atoms with Crippen LogP contribution in [0.4, 0.5) is 0 Å². The first-order chi connectivity index (χ1) is 9.77. The predicted molar refractivity (Wildman–Crippen MR) is 83.1 cm³/mol. The Morgan fingerprint density at radius 1 is 1.00 bits per heavy atom. The van der Waals surface area contributed by atoms with Crippen molar-refractivity contribution in [3.63, 3.8) is 0 Å². The summed E-state index contributed by atoms with van der Waals surface area (Å²) >= 11 is 9.34. The summed E-state index contributed by atoms with van der Waals surface area (Å²) in [5, 5.41) is 1.41. The molecule has 0 aliphatic heterocycles. The van der Waals surface area contributed by atoms with E-state index in [1.54, 1.807) is 7.11 Å². The molecule has 1 aromatic rings. The van der Waals surface area contributed by atoms with Crippen LogP contribution < -0.4 is 4.74 Å². The molecule has 0 aliphatic rings. The molecule has 0 aliphatic carbocycles. The molecule has 0 radical (unpaired) electrons. The largest absolute Gasteiger partial charge is 0.491 e. The lowest BCUT2D eigenvalue weighted by Crippen LogP contribution is -2.12. The number of hydrogen-bond acceptors (Lipinski definition) is 4. The minimum atomic E-state index is 0.500. The first-order valence-corrected chi connectivity index (χ1v) is 7.89. The molecule has 6 heteroatoms. The summed E-state index contributed by atoms with van der Waals surface area (Å²) in [7, 11) is 1.65. The maximum Gasteiger partial charge on any atom is 0.123 e. The zero-order chi connectivity index (χ0) is 14.6. The SMILES string of the molecule is COCCOCCOCCOc1ccc(Cl)cc1CBr. The molecule has 0 fully saturated rings. The van der Waals surface area contributed by atoms with Crippen molar-refractivity contribution in [3.8, 4) is 5.75 Å². The Balaban J connectivity index is 2.09. The zero-order valence-electron chi connectivity index (χ0n) is 11.6. The predicted octanol–water partition coefficient (Wildman–Crippen LogP) is 3.29. The van der Waals surface area contributed by atoms with Crippen molar-refractivity contribution in [1.82, 2.24) is 0 Å². The highest BCUT2D eigenvalue weighted by Gasteiger charge is 2.03. The molecule has 1 aromatic carbocycles. The highest BCUT2D eigenvalue weighted by atomic mass is 79.9. The number of rotatable bonds is 11. The number of methoxy groups -OCH3 is 1. The number of hydrogen-bond donors (Lipinski definition) is 0. The van der Waals surface area contributed by atoms with Crippen LogP contribution in [0.5, 0.6) is 5.75 Å². The van der Waals surface area contributed by atoms with Gasteiger partial charge in [0.05, 0.1) is 33.0 Å². The lowest BCUT2D eigenvalue weighted by atomic mass is 10.2. The topological polar surface area (TPSA) is 36.9 Å². The average Bonchev–Trinajstić information content (AvgIpc) is 2.46. The second-order valence-corrected chi connectivity index (χ2v) is 4.95. The highest BCUT2D eigenvalue weighted by molar-refractivity contribution is 9.08. The Morgan fingerprint density at radius 3 is 2.30 bits per heavy atom. The number of ether oxygens (including phenoxy) is 4. The van der Waals surface area contributed by atoms with Crippen LogP contribution in [-0.2, 0) is 19.5 Å². The Morgan fingerprint density at radius 2 is 1.65 bits per heavy atom. The Labute approximate surface area is 133 Å². The van der Waals surface area contributed by atoms with Gasteiger partial charge in [0.15, 0.2) is 0 Å². The van der Waals surface area contributed by atoms with Crippen molar-refractivity contribution in [1.29, 1.82) is 0 Å². The van der Waals surface area contributed by atoms with Crippen molar-refractivity contribution in [3.05, 3.63) is 28.8 Å². The third-order valence-corrected chi connectivity index (χ3v) is 3.29. The third kappa shape index (κ3) is 7.45. The second kappa shape index (κ2) is 11.3. The first kappa shape index (κ1) is 17.7. The van der Waals surface area contributed by atoms with Crippen LogP contribution >= 0.6 is 27.5 Å². The van der Waals surface area contributed by atoms with Crippen LogP contribution in [0.3, 0.4) is 0 Å². The van der Waals surface area contributed by atoms with E-state index < -0.39 is 0 Å². The lowest BCUT2D eigenvalue weighted by Gasteiger charge is -2.11. The summed E-state index contributed by atoms with van der Waals surface area (Å²) in [5.41, 5.74) is 1.03. The van der Waals surface area contributed by atoms with Gasteiger partial charge < -0.3 is 18.9 Å². The number of halogens is 2. The van der Waals surface area contributed by atoms with Gasteiger partial charge in [0.25, 0.3) is 0 Å². The van der Waals surface area contributed by atoms with Gasteiger partial charge >= 0.3 is 0 Å². The van der Waals surface area contributed by atoms with Crippen molar-refractivity contribution in [2.45, 2.75) is 5.33 Å². The molecule has 0 bridgehead atoms. The van der Waals surface area contributed by atoms with Gasteiger partial charge in [-0.3, -0.25) is 0 Å². The standard InChI is InChI=1S/C14H20BrClO4/c1-17-4-5-18-6-7-19-8-9-20-14-3-2-13(16)10-12(14)11-15/h2-3,10H,4-9,11H2,1H3. The Hall–Kier alpha value is -0.330. The van der Waals surface area contributed by atoms with E-state index in [1.165, 1.54) is 0 Å². The number of benzene rings is 1. The highest BCUT2D eigenvalue weighted by Crippen LogP contribution is 2.24. The van der Waals surface area contributed by atoms with Crippen molar-refractivity contribution >= 4 is 27.5 Å². The van der Waals surface area contributed by atoms with Crippen LogP contribution in [0.25, 0.3) is 0 Å². The summed E-state index contributed by atoms with van der Waals surface area (Å²) in [6, 6.07) is 5.57. The average molecular weight is 368 g/mol. The fraction of sp³-hybridized carbons (Fsp3) is 0.571. The van der Waals surface area contributed by atoms with E-state index in [1.807, 2.05) is 18.2 Å². The summed E-state index contributed by atoms with van der Waals surface area (Å²) in [5.74, 6) is 0.825. The third-order valence-electron chi connectivity index (χ3n) is 2.46. The monoisotopic (exact) mass is 366 g/mol. The number of alkyl halides is 1. The quantitative estimate of drug-likeness (QED) is 0.444. The van der Waals surface area contributed by atoms with Gasteiger partial charge in [-0.15, -0.1) is 0 Å². The van der Waals surface area contributed by atoms with Gasteiger partial charge in [0.1, 0.15) is 12.4 Å². The molecule has 0 saturated heterocycles. The molecule has 0 N–H and O–H groups in total. The first-order valence-electron chi connectivity index (χ1n) is 6.39. The maximum absolute atomic E-state index is 5.93. The molecule has 0 spiro atoms. The van der Waals surface area contributed by atoms with Crippen LogP contribution in [0.2, 0.25) is 5.02 Å². The fourth-order valence-electron chi connectivity index (χ4n) is 1.47. The van der Waals surface area contributed by atoms with Crippen LogP contribution in [0, 0.1) is 0 Å². The van der Waals surface area contributed by atoms with Gasteiger partial charge in [-0.25, -0.2) is 0 Å². The maximum atomic E-state index is 5.93. The van der Waals surface area contributed by atoms with E-state index in [2.05, 4.69) is 15.9 Å². The van der Waals surface area contributed by atoms with Crippen molar-refractivity contribution in [2.24, 2.45) is 0 Å². The molecule has 114 valence electrons. The van der Waals surface area contributed by atoms with Crippen LogP contribution in [0.1, 0.15) is 5.56 Å². The molecule has 20 heavy (non-hydrogen) atoms. The van der Waals surface area contributed by atoms with Crippen LogP contribution in [-0.4, -0.2) is 46.8 Å². The zero-order valence-corrected chi connectivity index (χ0v) is 13.9. The molecule has 0 saturated carbocycles. The summed E-state index contributed by atoms with van der Waals surface area (Å²) in [4.78, 5) is 0. The summed E-state index contributed by atoms with van der Waals surface area (Å²) in [6.07, 6.45) is 0. The van der Waals surface area contributed by atoms with E-state index in [4.69, 9.17) is 30.5 Å². The van der Waals surface area contributed by atoms with E-state index >= 15 is 0 Å². The molecule has 0 heterocycles. The Bertz CT molecular complexity index is 376. The molecular weight excluding hydrogens is 348 g/mol. The summed E-state index contributed by atoms with van der Waals surface area (Å²) in [6.45, 7) is 3.35. The van der Waals surface area contributed by atoms with E-state index in [9.17, 15) is 0 Å². The van der Waals surface area contributed by atoms with E-state index in [0.717, 1.165) is 11.3 Å².